The molecule has 3 aliphatic carbocycles. The Kier molecular flexibility index (Phi) is 2.86. The van der Waals surface area contributed by atoms with Crippen molar-refractivity contribution in [2.45, 2.75) is 52.4 Å². The van der Waals surface area contributed by atoms with Crippen LogP contribution in [-0.2, 0) is 5.41 Å². The summed E-state index contributed by atoms with van der Waals surface area (Å²) in [4.78, 5) is 0. The number of fused-ring (bicyclic) bond motifs is 5. The second-order valence-electron chi connectivity index (χ2n) is 8.62. The van der Waals surface area contributed by atoms with Crippen LogP contribution in [-0.4, -0.2) is 0 Å². The molecule has 22 heavy (non-hydrogen) atoms. The zero-order valence-electron chi connectivity index (χ0n) is 14.2. The zero-order valence-corrected chi connectivity index (χ0v) is 14.2. The van der Waals surface area contributed by atoms with Gasteiger partial charge in [0, 0.05) is 11.3 Å². The second-order valence-corrected chi connectivity index (χ2v) is 8.62. The first-order valence-electron chi connectivity index (χ1n) is 8.61. The lowest BCUT2D eigenvalue weighted by Crippen LogP contribution is -2.30. The number of allylic oxidation sites excluding steroid dienone is 6. The molecule has 0 aromatic heterocycles. The molecule has 0 heteroatoms. The minimum atomic E-state index is 0.138. The number of rotatable bonds is 0. The highest BCUT2D eigenvalue weighted by Crippen LogP contribution is 2.52. The Morgan fingerprint density at radius 3 is 2.59 bits per heavy atom. The van der Waals surface area contributed by atoms with Crippen LogP contribution >= 0.6 is 0 Å². The summed E-state index contributed by atoms with van der Waals surface area (Å²) in [5.41, 5.74) is 8.25. The van der Waals surface area contributed by atoms with Gasteiger partial charge < -0.3 is 0 Å². The summed E-state index contributed by atoms with van der Waals surface area (Å²) in [6, 6.07) is 8.96. The Hall–Kier alpha value is -1.56. The molecule has 1 fully saturated rings. The number of hydrogen-bond acceptors (Lipinski definition) is 0. The van der Waals surface area contributed by atoms with Crippen LogP contribution < -0.4 is 0 Å². The normalized spacial score (nSPS) is 27.6. The standard InChI is InChI=1S/C22H26/c1-21(2)12-11-16-15(13-21)9-10-17-18-7-5-6-8-20(18)22(3,4)14-19(16)17/h5-10,14,16H,11-13H2,1-4H3. The van der Waals surface area contributed by atoms with Gasteiger partial charge in [0.2, 0.25) is 0 Å². The lowest BCUT2D eigenvalue weighted by atomic mass is 9.61. The van der Waals surface area contributed by atoms with Crippen molar-refractivity contribution in [3.8, 4) is 0 Å². The lowest BCUT2D eigenvalue weighted by Gasteiger charge is -2.43. The van der Waals surface area contributed by atoms with Crippen LogP contribution in [0.3, 0.4) is 0 Å². The average molecular weight is 290 g/mol. The van der Waals surface area contributed by atoms with Gasteiger partial charge in [-0.25, -0.2) is 0 Å². The van der Waals surface area contributed by atoms with Gasteiger partial charge in [-0.05, 0) is 47.0 Å². The fourth-order valence-electron chi connectivity index (χ4n) is 4.66. The molecule has 0 amide bonds. The van der Waals surface area contributed by atoms with Crippen molar-refractivity contribution in [3.63, 3.8) is 0 Å². The van der Waals surface area contributed by atoms with E-state index in [-0.39, 0.29) is 5.41 Å². The minimum absolute atomic E-state index is 0.138. The molecule has 1 saturated carbocycles. The summed E-state index contributed by atoms with van der Waals surface area (Å²) in [6.07, 6.45) is 11.3. The highest BCUT2D eigenvalue weighted by atomic mass is 14.4. The summed E-state index contributed by atoms with van der Waals surface area (Å²) < 4.78 is 0. The summed E-state index contributed by atoms with van der Waals surface area (Å²) >= 11 is 0. The highest BCUT2D eigenvalue weighted by Gasteiger charge is 2.38. The van der Waals surface area contributed by atoms with E-state index >= 15 is 0 Å². The van der Waals surface area contributed by atoms with E-state index in [1.807, 2.05) is 0 Å². The molecule has 0 nitrogen and oxygen atoms in total. The maximum Gasteiger partial charge on any atom is 0.00877 e. The third-order valence-electron chi connectivity index (χ3n) is 5.82. The molecular formula is C22H26. The smallest absolute Gasteiger partial charge is 0.00877 e. The van der Waals surface area contributed by atoms with E-state index < -0.39 is 0 Å². The third kappa shape index (κ3) is 2.04. The molecule has 3 aliphatic rings. The number of hydrogen-bond donors (Lipinski definition) is 0. The second kappa shape index (κ2) is 4.47. The fourth-order valence-corrected chi connectivity index (χ4v) is 4.66. The quantitative estimate of drug-likeness (QED) is 0.545. The van der Waals surface area contributed by atoms with Gasteiger partial charge in [0.05, 0.1) is 0 Å². The predicted octanol–water partition coefficient (Wildman–Crippen LogP) is 6.05. The van der Waals surface area contributed by atoms with Crippen molar-refractivity contribution in [2.24, 2.45) is 11.3 Å². The Balaban J connectivity index is 1.87. The van der Waals surface area contributed by atoms with Crippen LogP contribution in [0, 0.1) is 11.3 Å². The van der Waals surface area contributed by atoms with Crippen LogP contribution in [0.25, 0.3) is 5.57 Å². The van der Waals surface area contributed by atoms with Gasteiger partial charge in [-0.2, -0.15) is 0 Å². The van der Waals surface area contributed by atoms with E-state index in [4.69, 9.17) is 0 Å². The van der Waals surface area contributed by atoms with Gasteiger partial charge in [-0.15, -0.1) is 0 Å². The van der Waals surface area contributed by atoms with Gasteiger partial charge in [0.25, 0.3) is 0 Å². The van der Waals surface area contributed by atoms with Gasteiger partial charge in [0.1, 0.15) is 0 Å². The Labute approximate surface area is 134 Å². The van der Waals surface area contributed by atoms with Crippen LogP contribution in [0.1, 0.15) is 58.1 Å². The molecule has 1 aromatic carbocycles. The highest BCUT2D eigenvalue weighted by molar-refractivity contribution is 5.87. The molecular weight excluding hydrogens is 264 g/mol. The first-order valence-corrected chi connectivity index (χ1v) is 8.61. The van der Waals surface area contributed by atoms with Crippen molar-refractivity contribution in [1.29, 1.82) is 0 Å². The van der Waals surface area contributed by atoms with Crippen LogP contribution in [0.5, 0.6) is 0 Å². The molecule has 1 unspecified atom stereocenters. The Bertz CT molecular complexity index is 722. The first kappa shape index (κ1) is 14.1. The van der Waals surface area contributed by atoms with E-state index in [1.165, 1.54) is 36.0 Å². The van der Waals surface area contributed by atoms with Crippen LogP contribution in [0.2, 0.25) is 0 Å². The Morgan fingerprint density at radius 1 is 1.00 bits per heavy atom. The maximum absolute atomic E-state index is 2.55. The first-order chi connectivity index (χ1) is 10.4. The van der Waals surface area contributed by atoms with Gasteiger partial charge in [-0.1, -0.05) is 75.8 Å². The van der Waals surface area contributed by atoms with Crippen molar-refractivity contribution in [3.05, 3.63) is 64.8 Å². The van der Waals surface area contributed by atoms with E-state index in [9.17, 15) is 0 Å². The summed E-state index contributed by atoms with van der Waals surface area (Å²) in [7, 11) is 0. The molecule has 0 spiro atoms. The van der Waals surface area contributed by atoms with Gasteiger partial charge >= 0.3 is 0 Å². The van der Waals surface area contributed by atoms with Crippen molar-refractivity contribution in [2.75, 3.05) is 0 Å². The minimum Gasteiger partial charge on any atom is -0.0700 e. The molecule has 0 bridgehead atoms. The lowest BCUT2D eigenvalue weighted by molar-refractivity contribution is 0.262. The van der Waals surface area contributed by atoms with Gasteiger partial charge in [-0.3, -0.25) is 0 Å². The summed E-state index contributed by atoms with van der Waals surface area (Å²) in [5, 5.41) is 0. The maximum atomic E-state index is 2.55. The fraction of sp³-hybridized carbons (Fsp3) is 0.455. The molecule has 0 saturated heterocycles. The average Bonchev–Trinajstić information content (AvgIpc) is 2.45. The van der Waals surface area contributed by atoms with Crippen LogP contribution in [0.15, 0.2) is 53.6 Å². The monoisotopic (exact) mass is 290 g/mol. The number of benzene rings is 1. The van der Waals surface area contributed by atoms with E-state index in [2.05, 4.69) is 70.2 Å². The largest absolute Gasteiger partial charge is 0.0700 e. The SMILES string of the molecule is CC1(C)CCC2C(=CC=C3C2=CC(C)(C)c2ccccc23)C1. The zero-order chi connectivity index (χ0) is 15.5. The molecule has 1 aromatic rings. The summed E-state index contributed by atoms with van der Waals surface area (Å²) in [5.74, 6) is 0.653. The topological polar surface area (TPSA) is 0 Å². The Morgan fingerprint density at radius 2 is 1.77 bits per heavy atom. The van der Waals surface area contributed by atoms with E-state index in [1.54, 1.807) is 11.1 Å². The summed E-state index contributed by atoms with van der Waals surface area (Å²) in [6.45, 7) is 9.55. The van der Waals surface area contributed by atoms with Gasteiger partial charge in [0.15, 0.2) is 0 Å². The molecule has 0 aliphatic heterocycles. The van der Waals surface area contributed by atoms with Crippen molar-refractivity contribution < 1.29 is 0 Å². The molecule has 114 valence electrons. The molecule has 4 rings (SSSR count). The van der Waals surface area contributed by atoms with E-state index in [0.717, 1.165) is 0 Å². The molecule has 1 atom stereocenters. The predicted molar refractivity (Wildman–Crippen MR) is 94.7 cm³/mol. The molecule has 0 N–H and O–H groups in total. The van der Waals surface area contributed by atoms with Crippen LogP contribution in [0.4, 0.5) is 0 Å². The third-order valence-corrected chi connectivity index (χ3v) is 5.82. The molecule has 0 radical (unpaired) electrons. The molecule has 0 heterocycles. The van der Waals surface area contributed by atoms with Crippen molar-refractivity contribution in [1.82, 2.24) is 0 Å². The van der Waals surface area contributed by atoms with Crippen molar-refractivity contribution >= 4 is 5.57 Å². The van der Waals surface area contributed by atoms with E-state index in [0.29, 0.717) is 11.3 Å².